The van der Waals surface area contributed by atoms with Gasteiger partial charge in [-0.05, 0) is 39.8 Å². The minimum absolute atomic E-state index is 0.105. The van der Waals surface area contributed by atoms with Crippen LogP contribution in [-0.4, -0.2) is 23.5 Å². The molecule has 1 atom stereocenters. The van der Waals surface area contributed by atoms with Crippen LogP contribution in [0.1, 0.15) is 39.7 Å². The highest BCUT2D eigenvalue weighted by atomic mass is 32.1. The Bertz CT molecular complexity index is 571. The number of hydrogen-bond donors (Lipinski definition) is 1. The standard InChI is InChI=1S/C17H25N3S/c1-12-7-13(2)9-15(8-12)16(18)5-6-20(4)10-17-14(3)19-11-21-17/h7-9,11,16H,5-6,10,18H2,1-4H3. The van der Waals surface area contributed by atoms with Gasteiger partial charge in [-0.2, -0.15) is 0 Å². The number of rotatable bonds is 6. The molecule has 21 heavy (non-hydrogen) atoms. The summed E-state index contributed by atoms with van der Waals surface area (Å²) in [6, 6.07) is 6.69. The molecule has 2 aromatic rings. The van der Waals surface area contributed by atoms with Gasteiger partial charge in [-0.1, -0.05) is 29.3 Å². The van der Waals surface area contributed by atoms with Gasteiger partial charge in [0.1, 0.15) is 0 Å². The molecule has 2 rings (SSSR count). The molecule has 0 radical (unpaired) electrons. The number of benzene rings is 1. The van der Waals surface area contributed by atoms with E-state index >= 15 is 0 Å². The highest BCUT2D eigenvalue weighted by Gasteiger charge is 2.10. The van der Waals surface area contributed by atoms with E-state index < -0.39 is 0 Å². The maximum absolute atomic E-state index is 6.35. The molecule has 1 heterocycles. The van der Waals surface area contributed by atoms with Crippen molar-refractivity contribution in [2.24, 2.45) is 5.73 Å². The molecular weight excluding hydrogens is 278 g/mol. The Morgan fingerprint density at radius 1 is 1.19 bits per heavy atom. The lowest BCUT2D eigenvalue weighted by atomic mass is 10.00. The third kappa shape index (κ3) is 4.63. The van der Waals surface area contributed by atoms with E-state index in [0.717, 1.165) is 25.2 Å². The van der Waals surface area contributed by atoms with E-state index in [1.165, 1.54) is 21.6 Å². The van der Waals surface area contributed by atoms with Crippen LogP contribution in [0.4, 0.5) is 0 Å². The Balaban J connectivity index is 1.88. The van der Waals surface area contributed by atoms with Gasteiger partial charge in [0.15, 0.2) is 0 Å². The van der Waals surface area contributed by atoms with Crippen LogP contribution in [0.15, 0.2) is 23.7 Å². The zero-order chi connectivity index (χ0) is 15.4. The Labute approximate surface area is 131 Å². The first-order valence-electron chi connectivity index (χ1n) is 7.37. The lowest BCUT2D eigenvalue weighted by Gasteiger charge is -2.19. The summed E-state index contributed by atoms with van der Waals surface area (Å²) in [7, 11) is 2.15. The van der Waals surface area contributed by atoms with Gasteiger partial charge < -0.3 is 10.6 Å². The van der Waals surface area contributed by atoms with Crippen molar-refractivity contribution in [1.29, 1.82) is 0 Å². The van der Waals surface area contributed by atoms with Crippen LogP contribution >= 0.6 is 11.3 Å². The third-order valence-corrected chi connectivity index (χ3v) is 4.67. The maximum atomic E-state index is 6.35. The number of thiazole rings is 1. The molecule has 2 N–H and O–H groups in total. The first-order valence-corrected chi connectivity index (χ1v) is 8.25. The van der Waals surface area contributed by atoms with Crippen molar-refractivity contribution in [3.05, 3.63) is 51.0 Å². The van der Waals surface area contributed by atoms with Crippen LogP contribution in [0.25, 0.3) is 0 Å². The average Bonchev–Trinajstić information content (AvgIpc) is 2.80. The second kappa shape index (κ2) is 7.16. The predicted octanol–water partition coefficient (Wildman–Crippen LogP) is 3.59. The van der Waals surface area contributed by atoms with Crippen LogP contribution in [0.5, 0.6) is 0 Å². The smallest absolute Gasteiger partial charge is 0.0798 e. The maximum Gasteiger partial charge on any atom is 0.0798 e. The van der Waals surface area contributed by atoms with E-state index in [9.17, 15) is 0 Å². The molecular formula is C17H25N3S. The van der Waals surface area contributed by atoms with Gasteiger partial charge >= 0.3 is 0 Å². The first-order chi connectivity index (χ1) is 9.95. The van der Waals surface area contributed by atoms with Gasteiger partial charge in [-0.25, -0.2) is 4.98 Å². The van der Waals surface area contributed by atoms with E-state index in [2.05, 4.69) is 55.9 Å². The number of nitrogens with two attached hydrogens (primary N) is 1. The van der Waals surface area contributed by atoms with E-state index in [1.54, 1.807) is 11.3 Å². The highest BCUT2D eigenvalue weighted by molar-refractivity contribution is 7.09. The largest absolute Gasteiger partial charge is 0.324 e. The van der Waals surface area contributed by atoms with Gasteiger partial charge in [0.25, 0.3) is 0 Å². The van der Waals surface area contributed by atoms with E-state index in [4.69, 9.17) is 5.73 Å². The molecule has 0 bridgehead atoms. The summed E-state index contributed by atoms with van der Waals surface area (Å²) in [4.78, 5) is 7.97. The van der Waals surface area contributed by atoms with Crippen molar-refractivity contribution < 1.29 is 0 Å². The fourth-order valence-corrected chi connectivity index (χ4v) is 3.41. The van der Waals surface area contributed by atoms with Crippen molar-refractivity contribution in [3.8, 4) is 0 Å². The Hall–Kier alpha value is -1.23. The summed E-state index contributed by atoms with van der Waals surface area (Å²) in [6.07, 6.45) is 0.969. The van der Waals surface area contributed by atoms with Gasteiger partial charge in [-0.15, -0.1) is 11.3 Å². The molecule has 0 aliphatic heterocycles. The molecule has 0 aliphatic rings. The zero-order valence-electron chi connectivity index (χ0n) is 13.4. The molecule has 1 aromatic heterocycles. The third-order valence-electron chi connectivity index (χ3n) is 3.75. The van der Waals surface area contributed by atoms with Gasteiger partial charge in [-0.3, -0.25) is 0 Å². The summed E-state index contributed by atoms with van der Waals surface area (Å²) in [5.74, 6) is 0. The van der Waals surface area contributed by atoms with Crippen molar-refractivity contribution in [1.82, 2.24) is 9.88 Å². The van der Waals surface area contributed by atoms with Crippen LogP contribution in [0, 0.1) is 20.8 Å². The molecule has 0 aliphatic carbocycles. The summed E-state index contributed by atoms with van der Waals surface area (Å²) >= 11 is 1.73. The second-order valence-electron chi connectivity index (χ2n) is 5.91. The fraction of sp³-hybridized carbons (Fsp3) is 0.471. The topological polar surface area (TPSA) is 42.1 Å². The second-order valence-corrected chi connectivity index (χ2v) is 6.85. The van der Waals surface area contributed by atoms with E-state index in [0.29, 0.717) is 0 Å². The van der Waals surface area contributed by atoms with Crippen molar-refractivity contribution in [2.45, 2.75) is 39.8 Å². The molecule has 0 saturated heterocycles. The quantitative estimate of drug-likeness (QED) is 0.886. The van der Waals surface area contributed by atoms with Crippen LogP contribution in [-0.2, 0) is 6.54 Å². The lowest BCUT2D eigenvalue weighted by molar-refractivity contribution is 0.313. The minimum atomic E-state index is 0.105. The molecule has 1 unspecified atom stereocenters. The number of aryl methyl sites for hydroxylation is 3. The minimum Gasteiger partial charge on any atom is -0.324 e. The van der Waals surface area contributed by atoms with Crippen LogP contribution < -0.4 is 5.73 Å². The molecule has 0 spiro atoms. The normalized spacial score (nSPS) is 12.9. The SMILES string of the molecule is Cc1cc(C)cc(C(N)CCN(C)Cc2scnc2C)c1. The molecule has 0 fully saturated rings. The summed E-state index contributed by atoms with van der Waals surface area (Å²) < 4.78 is 0. The summed E-state index contributed by atoms with van der Waals surface area (Å²) in [5.41, 5.74) is 13.2. The fourth-order valence-electron chi connectivity index (χ4n) is 2.55. The van der Waals surface area contributed by atoms with Crippen molar-refractivity contribution in [3.63, 3.8) is 0 Å². The first kappa shape index (κ1) is 16.1. The molecule has 4 heteroatoms. The van der Waals surface area contributed by atoms with Crippen molar-refractivity contribution >= 4 is 11.3 Å². The van der Waals surface area contributed by atoms with E-state index in [-0.39, 0.29) is 6.04 Å². The van der Waals surface area contributed by atoms with Gasteiger partial charge in [0.2, 0.25) is 0 Å². The summed E-state index contributed by atoms with van der Waals surface area (Å²) in [5, 5.41) is 0. The zero-order valence-corrected chi connectivity index (χ0v) is 14.2. The summed E-state index contributed by atoms with van der Waals surface area (Å²) in [6.45, 7) is 8.27. The van der Waals surface area contributed by atoms with Gasteiger partial charge in [0.05, 0.1) is 11.2 Å². The Kier molecular flexibility index (Phi) is 5.51. The molecule has 1 aromatic carbocycles. The van der Waals surface area contributed by atoms with Crippen molar-refractivity contribution in [2.75, 3.05) is 13.6 Å². The molecule has 3 nitrogen and oxygen atoms in total. The number of nitrogens with zero attached hydrogens (tertiary/aromatic N) is 2. The number of aromatic nitrogens is 1. The van der Waals surface area contributed by atoms with Crippen LogP contribution in [0.2, 0.25) is 0 Å². The Morgan fingerprint density at radius 2 is 1.86 bits per heavy atom. The Morgan fingerprint density at radius 3 is 2.43 bits per heavy atom. The molecule has 0 amide bonds. The monoisotopic (exact) mass is 303 g/mol. The highest BCUT2D eigenvalue weighted by Crippen LogP contribution is 2.19. The van der Waals surface area contributed by atoms with Crippen LogP contribution in [0.3, 0.4) is 0 Å². The average molecular weight is 303 g/mol. The van der Waals surface area contributed by atoms with E-state index in [1.807, 2.05) is 5.51 Å². The molecule has 0 saturated carbocycles. The predicted molar refractivity (Wildman–Crippen MR) is 90.6 cm³/mol. The molecule has 114 valence electrons. The van der Waals surface area contributed by atoms with Gasteiger partial charge in [0, 0.05) is 24.0 Å². The lowest BCUT2D eigenvalue weighted by Crippen LogP contribution is -2.23. The number of hydrogen-bond acceptors (Lipinski definition) is 4.